The summed E-state index contributed by atoms with van der Waals surface area (Å²) in [6, 6.07) is 3.82. The number of rotatable bonds is 4. The van der Waals surface area contributed by atoms with Crippen molar-refractivity contribution in [3.63, 3.8) is 0 Å². The molecule has 0 spiro atoms. The number of alkyl halides is 3. The second kappa shape index (κ2) is 9.13. The lowest BCUT2D eigenvalue weighted by molar-refractivity contribution is -0.150. The van der Waals surface area contributed by atoms with Gasteiger partial charge in [0.2, 0.25) is 11.8 Å². The van der Waals surface area contributed by atoms with Gasteiger partial charge < -0.3 is 25.0 Å². The predicted octanol–water partition coefficient (Wildman–Crippen LogP) is 2.09. The van der Waals surface area contributed by atoms with E-state index in [1.54, 1.807) is 14.1 Å². The van der Waals surface area contributed by atoms with Crippen LogP contribution in [0.25, 0.3) is 0 Å². The van der Waals surface area contributed by atoms with Gasteiger partial charge in [-0.2, -0.15) is 13.2 Å². The third-order valence-corrected chi connectivity index (χ3v) is 5.35. The van der Waals surface area contributed by atoms with Crippen LogP contribution in [0.15, 0.2) is 18.2 Å². The molecular formula is C20H24F3N3O5. The molecule has 0 aromatic heterocycles. The predicted molar refractivity (Wildman–Crippen MR) is 104 cm³/mol. The number of anilines is 1. The minimum absolute atomic E-state index is 0.0704. The van der Waals surface area contributed by atoms with Gasteiger partial charge in [0.05, 0.1) is 24.1 Å². The number of nitrogens with one attached hydrogen (secondary N) is 2. The zero-order chi connectivity index (χ0) is 22.8. The number of halogens is 3. The van der Waals surface area contributed by atoms with E-state index < -0.39 is 30.5 Å². The summed E-state index contributed by atoms with van der Waals surface area (Å²) in [5, 5.41) is 4.72. The van der Waals surface area contributed by atoms with Gasteiger partial charge in [-0.3, -0.25) is 14.4 Å². The maximum atomic E-state index is 13.1. The number of hydrogen-bond acceptors (Lipinski definition) is 5. The second-order valence-corrected chi connectivity index (χ2v) is 7.60. The SMILES string of the molecule is CNC(=O)C[C@H]1CC[C@H]2[C@@H](COc3ccc(NC(=O)CC(F)(F)F)cc3C(=O)N2C)O1. The van der Waals surface area contributed by atoms with E-state index in [2.05, 4.69) is 10.6 Å². The normalized spacial score (nSPS) is 23.6. The average molecular weight is 443 g/mol. The molecule has 1 aromatic carbocycles. The van der Waals surface area contributed by atoms with Crippen LogP contribution in [0.4, 0.5) is 18.9 Å². The molecule has 2 heterocycles. The minimum Gasteiger partial charge on any atom is -0.490 e. The van der Waals surface area contributed by atoms with Crippen LogP contribution < -0.4 is 15.4 Å². The fraction of sp³-hybridized carbons (Fsp3) is 0.550. The Morgan fingerprint density at radius 2 is 1.97 bits per heavy atom. The fourth-order valence-electron chi connectivity index (χ4n) is 3.80. The van der Waals surface area contributed by atoms with Crippen molar-refractivity contribution >= 4 is 23.4 Å². The smallest absolute Gasteiger partial charge is 0.397 e. The summed E-state index contributed by atoms with van der Waals surface area (Å²) < 4.78 is 49.0. The molecule has 3 amide bonds. The Morgan fingerprint density at radius 1 is 1.23 bits per heavy atom. The van der Waals surface area contributed by atoms with E-state index in [-0.39, 0.29) is 48.1 Å². The number of amides is 3. The van der Waals surface area contributed by atoms with Crippen LogP contribution in [0.5, 0.6) is 5.75 Å². The number of carbonyl (C=O) groups is 3. The van der Waals surface area contributed by atoms with Gasteiger partial charge in [-0.05, 0) is 31.0 Å². The minimum atomic E-state index is -4.63. The molecule has 2 aliphatic rings. The van der Waals surface area contributed by atoms with E-state index in [9.17, 15) is 27.6 Å². The van der Waals surface area contributed by atoms with E-state index in [4.69, 9.17) is 9.47 Å². The lowest BCUT2D eigenvalue weighted by atomic mass is 9.94. The van der Waals surface area contributed by atoms with Crippen molar-refractivity contribution < 1.29 is 37.0 Å². The van der Waals surface area contributed by atoms with E-state index in [1.165, 1.54) is 23.1 Å². The van der Waals surface area contributed by atoms with Gasteiger partial charge in [-0.1, -0.05) is 0 Å². The van der Waals surface area contributed by atoms with Crippen LogP contribution in [0, 0.1) is 0 Å². The molecule has 0 aliphatic carbocycles. The molecule has 0 bridgehead atoms. The second-order valence-electron chi connectivity index (χ2n) is 7.60. The van der Waals surface area contributed by atoms with Gasteiger partial charge in [0.25, 0.3) is 5.91 Å². The molecule has 1 saturated heterocycles. The highest BCUT2D eigenvalue weighted by Gasteiger charge is 2.39. The molecule has 8 nitrogen and oxygen atoms in total. The molecule has 3 atom stereocenters. The highest BCUT2D eigenvalue weighted by molar-refractivity contribution is 5.99. The first-order valence-electron chi connectivity index (χ1n) is 9.84. The van der Waals surface area contributed by atoms with Crippen molar-refractivity contribution in [2.75, 3.05) is 26.0 Å². The lowest BCUT2D eigenvalue weighted by Gasteiger charge is -2.42. The highest BCUT2D eigenvalue weighted by atomic mass is 19.4. The van der Waals surface area contributed by atoms with Crippen LogP contribution in [0.3, 0.4) is 0 Å². The van der Waals surface area contributed by atoms with E-state index in [0.29, 0.717) is 12.8 Å². The molecule has 3 rings (SSSR count). The summed E-state index contributed by atoms with van der Waals surface area (Å²) in [7, 11) is 3.17. The Hall–Kier alpha value is -2.82. The molecule has 1 fully saturated rings. The van der Waals surface area contributed by atoms with Crippen LogP contribution >= 0.6 is 0 Å². The van der Waals surface area contributed by atoms with Crippen molar-refractivity contribution in [1.29, 1.82) is 0 Å². The summed E-state index contributed by atoms with van der Waals surface area (Å²) in [6.45, 7) is 0.138. The first kappa shape index (κ1) is 22.9. The number of hydrogen-bond donors (Lipinski definition) is 2. The van der Waals surface area contributed by atoms with Gasteiger partial charge in [0.1, 0.15) is 24.9 Å². The van der Waals surface area contributed by atoms with Crippen molar-refractivity contribution in [3.05, 3.63) is 23.8 Å². The van der Waals surface area contributed by atoms with E-state index in [1.807, 2.05) is 0 Å². The Morgan fingerprint density at radius 3 is 2.65 bits per heavy atom. The first-order chi connectivity index (χ1) is 14.6. The number of carbonyl (C=O) groups excluding carboxylic acids is 3. The van der Waals surface area contributed by atoms with E-state index >= 15 is 0 Å². The van der Waals surface area contributed by atoms with Crippen molar-refractivity contribution in [2.24, 2.45) is 0 Å². The molecule has 2 N–H and O–H groups in total. The zero-order valence-corrected chi connectivity index (χ0v) is 17.1. The molecular weight excluding hydrogens is 419 g/mol. The number of nitrogens with zero attached hydrogens (tertiary/aromatic N) is 1. The monoisotopic (exact) mass is 443 g/mol. The highest BCUT2D eigenvalue weighted by Crippen LogP contribution is 2.32. The molecule has 0 unspecified atom stereocenters. The number of fused-ring (bicyclic) bond motifs is 2. The fourth-order valence-corrected chi connectivity index (χ4v) is 3.80. The van der Waals surface area contributed by atoms with Crippen LogP contribution in [-0.4, -0.2) is 67.7 Å². The molecule has 31 heavy (non-hydrogen) atoms. The standard InChI is InChI=1S/C20H24F3N3O5/c1-24-17(27)8-12-4-5-14-16(31-12)10-30-15-6-3-11(7-13(15)19(29)26(14)2)25-18(28)9-20(21,22)23/h3,6-7,12,14,16H,4-5,8-10H2,1-2H3,(H,24,27)(H,25,28)/t12-,14+,16-/m1/s1. The Balaban J connectivity index is 1.76. The molecule has 2 aliphatic heterocycles. The summed E-state index contributed by atoms with van der Waals surface area (Å²) in [6.07, 6.45) is -5.54. The summed E-state index contributed by atoms with van der Waals surface area (Å²) in [5.74, 6) is -1.51. The quantitative estimate of drug-likeness (QED) is 0.743. The lowest BCUT2D eigenvalue weighted by Crippen LogP contribution is -2.53. The van der Waals surface area contributed by atoms with E-state index in [0.717, 1.165) is 0 Å². The zero-order valence-electron chi connectivity index (χ0n) is 17.1. The number of likely N-dealkylation sites (N-methyl/N-ethyl adjacent to an activating group) is 1. The summed E-state index contributed by atoms with van der Waals surface area (Å²) in [5.41, 5.74) is 0.208. The maximum absolute atomic E-state index is 13.1. The molecule has 0 radical (unpaired) electrons. The molecule has 11 heteroatoms. The van der Waals surface area contributed by atoms with Crippen molar-refractivity contribution in [1.82, 2.24) is 10.2 Å². The van der Waals surface area contributed by atoms with Crippen LogP contribution in [0.1, 0.15) is 36.0 Å². The Bertz CT molecular complexity index is 861. The van der Waals surface area contributed by atoms with Gasteiger partial charge in [-0.15, -0.1) is 0 Å². The Kier molecular flexibility index (Phi) is 6.73. The maximum Gasteiger partial charge on any atom is 0.397 e. The van der Waals surface area contributed by atoms with Crippen LogP contribution in [0.2, 0.25) is 0 Å². The van der Waals surface area contributed by atoms with Gasteiger partial charge in [0, 0.05) is 19.8 Å². The Labute approximate surface area is 177 Å². The third-order valence-electron chi connectivity index (χ3n) is 5.35. The van der Waals surface area contributed by atoms with Gasteiger partial charge >= 0.3 is 6.18 Å². The molecule has 0 saturated carbocycles. The summed E-state index contributed by atoms with van der Waals surface area (Å²) in [4.78, 5) is 37.8. The van der Waals surface area contributed by atoms with Crippen LogP contribution in [-0.2, 0) is 14.3 Å². The largest absolute Gasteiger partial charge is 0.490 e. The van der Waals surface area contributed by atoms with Gasteiger partial charge in [-0.25, -0.2) is 0 Å². The van der Waals surface area contributed by atoms with Crippen molar-refractivity contribution in [2.45, 2.75) is 50.1 Å². The number of ether oxygens (including phenoxy) is 2. The summed E-state index contributed by atoms with van der Waals surface area (Å²) >= 11 is 0. The molecule has 1 aromatic rings. The van der Waals surface area contributed by atoms with Crippen molar-refractivity contribution in [3.8, 4) is 5.75 Å². The average Bonchev–Trinajstić information content (AvgIpc) is 2.69. The molecule has 170 valence electrons. The third kappa shape index (κ3) is 5.66. The first-order valence-corrected chi connectivity index (χ1v) is 9.84. The number of benzene rings is 1. The van der Waals surface area contributed by atoms with Gasteiger partial charge in [0.15, 0.2) is 0 Å². The topological polar surface area (TPSA) is 97.0 Å².